The minimum Gasteiger partial charge on any atom is -0.390 e. The summed E-state index contributed by atoms with van der Waals surface area (Å²) in [6.45, 7) is 2.28. The van der Waals surface area contributed by atoms with Crippen LogP contribution in [0.25, 0.3) is 0 Å². The van der Waals surface area contributed by atoms with Crippen molar-refractivity contribution in [2.24, 2.45) is 0 Å². The van der Waals surface area contributed by atoms with Gasteiger partial charge in [0.2, 0.25) is 0 Å². The fourth-order valence-electron chi connectivity index (χ4n) is 4.85. The van der Waals surface area contributed by atoms with E-state index in [4.69, 9.17) is 0 Å². The Morgan fingerprint density at radius 1 is 0.760 bits per heavy atom. The van der Waals surface area contributed by atoms with Crippen LogP contribution in [0.1, 0.15) is 122 Å². The maximum absolute atomic E-state index is 12.1. The summed E-state index contributed by atoms with van der Waals surface area (Å²) in [6.07, 6.45) is 22.5. The molecule has 2 saturated heterocycles. The van der Waals surface area contributed by atoms with Gasteiger partial charge in [0.25, 0.3) is 0 Å². The maximum Gasteiger partial charge on any atom is 0.0670 e. The SMILES string of the molecule is CCCCCCCCCCCCCCCC1(O)CC2CCC(C1)S2=O. The van der Waals surface area contributed by atoms with Crippen LogP contribution in [-0.2, 0) is 10.8 Å². The molecule has 0 saturated carbocycles. The number of hydrogen-bond donors (Lipinski definition) is 1. The predicted octanol–water partition coefficient (Wildman–Crippen LogP) is 6.27. The highest BCUT2D eigenvalue weighted by molar-refractivity contribution is 7.86. The first-order chi connectivity index (χ1) is 12.1. The van der Waals surface area contributed by atoms with Crippen LogP contribution >= 0.6 is 0 Å². The third kappa shape index (κ3) is 7.71. The Hall–Kier alpha value is 0.110. The number of fused-ring (bicyclic) bond motifs is 2. The maximum atomic E-state index is 12.1. The third-order valence-corrected chi connectivity index (χ3v) is 8.55. The van der Waals surface area contributed by atoms with Crippen LogP contribution in [0, 0.1) is 0 Å². The van der Waals surface area contributed by atoms with Crippen LogP contribution < -0.4 is 0 Å². The van der Waals surface area contributed by atoms with Gasteiger partial charge in [0.15, 0.2) is 0 Å². The van der Waals surface area contributed by atoms with Crippen LogP contribution in [0.5, 0.6) is 0 Å². The molecule has 0 aliphatic carbocycles. The summed E-state index contributed by atoms with van der Waals surface area (Å²) in [5, 5.41) is 11.4. The molecule has 0 amide bonds. The molecule has 25 heavy (non-hydrogen) atoms. The van der Waals surface area contributed by atoms with Crippen molar-refractivity contribution in [1.29, 1.82) is 0 Å². The van der Waals surface area contributed by atoms with E-state index in [0.29, 0.717) is 10.5 Å². The second kappa shape index (κ2) is 11.7. The van der Waals surface area contributed by atoms with E-state index >= 15 is 0 Å². The zero-order valence-electron chi connectivity index (χ0n) is 16.6. The molecule has 2 fully saturated rings. The number of hydrogen-bond acceptors (Lipinski definition) is 2. The molecule has 2 nitrogen and oxygen atoms in total. The number of aliphatic hydroxyl groups is 1. The molecule has 2 bridgehead atoms. The molecule has 2 heterocycles. The highest BCUT2D eigenvalue weighted by Gasteiger charge is 2.46. The molecular formula is C22H42O2S. The molecular weight excluding hydrogens is 328 g/mol. The molecule has 0 aromatic rings. The van der Waals surface area contributed by atoms with E-state index in [1.54, 1.807) is 0 Å². The van der Waals surface area contributed by atoms with Crippen LogP contribution in [0.3, 0.4) is 0 Å². The zero-order valence-corrected chi connectivity index (χ0v) is 17.5. The Labute approximate surface area is 159 Å². The summed E-state index contributed by atoms with van der Waals surface area (Å²) in [4.78, 5) is 0. The van der Waals surface area contributed by atoms with Gasteiger partial charge in [-0.15, -0.1) is 0 Å². The molecule has 2 aliphatic rings. The van der Waals surface area contributed by atoms with Gasteiger partial charge in [0, 0.05) is 21.3 Å². The van der Waals surface area contributed by atoms with Crippen molar-refractivity contribution in [3.63, 3.8) is 0 Å². The molecule has 0 aromatic carbocycles. The summed E-state index contributed by atoms with van der Waals surface area (Å²) < 4.78 is 12.1. The highest BCUT2D eigenvalue weighted by Crippen LogP contribution is 2.42. The lowest BCUT2D eigenvalue weighted by Gasteiger charge is -2.36. The van der Waals surface area contributed by atoms with E-state index in [1.807, 2.05) is 0 Å². The molecule has 1 N–H and O–H groups in total. The summed E-state index contributed by atoms with van der Waals surface area (Å²) >= 11 is 0. The van der Waals surface area contributed by atoms with Crippen molar-refractivity contribution in [1.82, 2.24) is 0 Å². The standard InChI is InChI=1S/C22H42O2S/c1-2-3-4-5-6-7-8-9-10-11-12-13-14-17-22(23)18-20-15-16-21(19-22)25(20)24/h20-21,23H,2-19H2,1H3. The normalized spacial score (nSPS) is 31.5. The zero-order chi connectivity index (χ0) is 18.0. The Bertz CT molecular complexity index is 366. The van der Waals surface area contributed by atoms with Gasteiger partial charge < -0.3 is 5.11 Å². The van der Waals surface area contributed by atoms with Crippen molar-refractivity contribution in [3.8, 4) is 0 Å². The average molecular weight is 371 g/mol. The lowest BCUT2D eigenvalue weighted by molar-refractivity contribution is 0.0119. The monoisotopic (exact) mass is 370 g/mol. The molecule has 3 heteroatoms. The molecule has 2 atom stereocenters. The molecule has 2 unspecified atom stereocenters. The van der Waals surface area contributed by atoms with Crippen molar-refractivity contribution in [2.75, 3.05) is 0 Å². The Morgan fingerprint density at radius 3 is 1.60 bits per heavy atom. The number of unbranched alkanes of at least 4 members (excludes halogenated alkanes) is 12. The molecule has 2 aliphatic heterocycles. The molecule has 0 radical (unpaired) electrons. The summed E-state index contributed by atoms with van der Waals surface area (Å²) in [7, 11) is -0.643. The van der Waals surface area contributed by atoms with E-state index in [1.165, 1.54) is 77.0 Å². The predicted molar refractivity (Wildman–Crippen MR) is 109 cm³/mol. The molecule has 0 spiro atoms. The van der Waals surface area contributed by atoms with Gasteiger partial charge in [-0.1, -0.05) is 90.4 Å². The van der Waals surface area contributed by atoms with Crippen LogP contribution in [0.2, 0.25) is 0 Å². The second-order valence-corrected chi connectivity index (χ2v) is 10.8. The third-order valence-electron chi connectivity index (χ3n) is 6.43. The first-order valence-corrected chi connectivity index (χ1v) is 12.5. The lowest BCUT2D eigenvalue weighted by Crippen LogP contribution is -2.42. The van der Waals surface area contributed by atoms with Gasteiger partial charge in [-0.25, -0.2) is 0 Å². The summed E-state index contributed by atoms with van der Waals surface area (Å²) in [5.74, 6) is 0. The van der Waals surface area contributed by atoms with E-state index in [9.17, 15) is 9.32 Å². The van der Waals surface area contributed by atoms with Crippen LogP contribution in [0.4, 0.5) is 0 Å². The first kappa shape index (κ1) is 21.4. The topological polar surface area (TPSA) is 37.3 Å². The Kier molecular flexibility index (Phi) is 10.1. The molecule has 2 rings (SSSR count). The Balaban J connectivity index is 1.38. The van der Waals surface area contributed by atoms with Gasteiger partial charge in [-0.2, -0.15) is 0 Å². The fraction of sp³-hybridized carbons (Fsp3) is 1.00. The van der Waals surface area contributed by atoms with Crippen LogP contribution in [-0.4, -0.2) is 25.4 Å². The Morgan fingerprint density at radius 2 is 1.16 bits per heavy atom. The van der Waals surface area contributed by atoms with E-state index in [2.05, 4.69) is 6.92 Å². The van der Waals surface area contributed by atoms with Crippen molar-refractivity contribution in [2.45, 2.75) is 139 Å². The van der Waals surface area contributed by atoms with Crippen molar-refractivity contribution in [3.05, 3.63) is 0 Å². The van der Waals surface area contributed by atoms with E-state index in [0.717, 1.165) is 38.5 Å². The average Bonchev–Trinajstić information content (AvgIpc) is 2.82. The van der Waals surface area contributed by atoms with Gasteiger partial charge in [-0.3, -0.25) is 4.21 Å². The van der Waals surface area contributed by atoms with Gasteiger partial charge in [0.05, 0.1) is 5.60 Å². The highest BCUT2D eigenvalue weighted by atomic mass is 32.2. The minimum atomic E-state index is -0.643. The van der Waals surface area contributed by atoms with E-state index in [-0.39, 0.29) is 0 Å². The number of rotatable bonds is 14. The van der Waals surface area contributed by atoms with E-state index < -0.39 is 16.4 Å². The summed E-state index contributed by atoms with van der Waals surface area (Å²) in [6, 6.07) is 0. The summed E-state index contributed by atoms with van der Waals surface area (Å²) in [5.41, 5.74) is -0.489. The van der Waals surface area contributed by atoms with Gasteiger partial charge >= 0.3 is 0 Å². The lowest BCUT2D eigenvalue weighted by atomic mass is 9.87. The van der Waals surface area contributed by atoms with Crippen LogP contribution in [0.15, 0.2) is 0 Å². The minimum absolute atomic E-state index is 0.297. The quantitative estimate of drug-likeness (QED) is 0.366. The van der Waals surface area contributed by atoms with Gasteiger partial charge in [0.1, 0.15) is 0 Å². The second-order valence-electron chi connectivity index (χ2n) is 8.78. The van der Waals surface area contributed by atoms with Crippen molar-refractivity contribution >= 4 is 10.8 Å². The molecule has 0 aromatic heterocycles. The first-order valence-electron chi connectivity index (χ1n) is 11.3. The van der Waals surface area contributed by atoms with Gasteiger partial charge in [-0.05, 0) is 32.1 Å². The molecule has 148 valence electrons. The fourth-order valence-corrected chi connectivity index (χ4v) is 7.08. The van der Waals surface area contributed by atoms with Crippen molar-refractivity contribution < 1.29 is 9.32 Å². The largest absolute Gasteiger partial charge is 0.390 e. The smallest absolute Gasteiger partial charge is 0.0670 e.